The minimum absolute atomic E-state index is 0.105. The number of aromatic hydroxyl groups is 1. The lowest BCUT2D eigenvalue weighted by Gasteiger charge is -2.16. The van der Waals surface area contributed by atoms with E-state index in [9.17, 15) is 4.79 Å². The van der Waals surface area contributed by atoms with E-state index in [1.54, 1.807) is 30.2 Å². The summed E-state index contributed by atoms with van der Waals surface area (Å²) in [6, 6.07) is 6.87. The fraction of sp³-hybridized carbons (Fsp3) is 0.308. The summed E-state index contributed by atoms with van der Waals surface area (Å²) in [5.41, 5.74) is 1.01. The van der Waals surface area contributed by atoms with Crippen molar-refractivity contribution in [1.82, 2.24) is 4.90 Å². The number of hydrogen-bond acceptors (Lipinski definition) is 2. The highest BCUT2D eigenvalue weighted by Crippen LogP contribution is 2.11. The van der Waals surface area contributed by atoms with Crippen LogP contribution < -0.4 is 0 Å². The molecule has 1 N–H and O–H groups in total. The van der Waals surface area contributed by atoms with E-state index in [0.29, 0.717) is 19.4 Å². The molecule has 0 spiro atoms. The van der Waals surface area contributed by atoms with Crippen LogP contribution in [0.3, 0.4) is 0 Å². The van der Waals surface area contributed by atoms with Crippen LogP contribution in [0.4, 0.5) is 0 Å². The summed E-state index contributed by atoms with van der Waals surface area (Å²) in [5.74, 6) is 0.345. The van der Waals surface area contributed by atoms with Gasteiger partial charge in [-0.05, 0) is 24.1 Å². The molecular weight excluding hydrogens is 202 g/mol. The predicted octanol–water partition coefficient (Wildman–Crippen LogP) is 2.32. The maximum absolute atomic E-state index is 11.6. The average molecular weight is 219 g/mol. The molecule has 0 fully saturated rings. The van der Waals surface area contributed by atoms with E-state index in [0.717, 1.165) is 5.56 Å². The predicted molar refractivity (Wildman–Crippen MR) is 64.0 cm³/mol. The molecule has 1 rings (SSSR count). The lowest BCUT2D eigenvalue weighted by Crippen LogP contribution is -2.25. The molecule has 0 bridgehead atoms. The zero-order chi connectivity index (χ0) is 12.0. The van der Waals surface area contributed by atoms with E-state index in [-0.39, 0.29) is 11.7 Å². The van der Waals surface area contributed by atoms with Crippen LogP contribution in [0.15, 0.2) is 36.9 Å². The molecule has 0 atom stereocenters. The normalized spacial score (nSPS) is 9.81. The van der Waals surface area contributed by atoms with Crippen molar-refractivity contribution < 1.29 is 9.90 Å². The third-order valence-corrected chi connectivity index (χ3v) is 2.34. The molecule has 1 amide bonds. The van der Waals surface area contributed by atoms with Crippen LogP contribution in [0.1, 0.15) is 18.4 Å². The van der Waals surface area contributed by atoms with Crippen molar-refractivity contribution in [3.05, 3.63) is 42.5 Å². The van der Waals surface area contributed by atoms with E-state index >= 15 is 0 Å². The SMILES string of the molecule is C=CCCC(=O)N(C)Cc1ccc(O)cc1. The van der Waals surface area contributed by atoms with E-state index in [4.69, 9.17) is 5.11 Å². The molecular formula is C13H17NO2. The molecule has 3 heteroatoms. The third-order valence-electron chi connectivity index (χ3n) is 2.34. The van der Waals surface area contributed by atoms with Gasteiger partial charge >= 0.3 is 0 Å². The fourth-order valence-electron chi connectivity index (χ4n) is 1.38. The lowest BCUT2D eigenvalue weighted by atomic mass is 10.2. The van der Waals surface area contributed by atoms with Crippen LogP contribution in [0.5, 0.6) is 5.75 Å². The number of rotatable bonds is 5. The molecule has 0 saturated heterocycles. The van der Waals surface area contributed by atoms with Crippen LogP contribution >= 0.6 is 0 Å². The Labute approximate surface area is 96.0 Å². The summed E-state index contributed by atoms with van der Waals surface area (Å²) in [6.07, 6.45) is 2.95. The molecule has 0 aliphatic heterocycles. The summed E-state index contributed by atoms with van der Waals surface area (Å²) in [5, 5.41) is 9.12. The number of phenols is 1. The second-order valence-corrected chi connectivity index (χ2v) is 3.74. The van der Waals surface area contributed by atoms with Crippen LogP contribution in [-0.2, 0) is 11.3 Å². The summed E-state index contributed by atoms with van der Waals surface area (Å²) < 4.78 is 0. The maximum atomic E-state index is 11.6. The van der Waals surface area contributed by atoms with Crippen molar-refractivity contribution in [3.63, 3.8) is 0 Å². The molecule has 1 aromatic rings. The number of carbonyl (C=O) groups is 1. The Balaban J connectivity index is 2.50. The van der Waals surface area contributed by atoms with Crippen LogP contribution in [-0.4, -0.2) is 23.0 Å². The monoisotopic (exact) mass is 219 g/mol. The van der Waals surface area contributed by atoms with E-state index < -0.39 is 0 Å². The quantitative estimate of drug-likeness (QED) is 0.772. The van der Waals surface area contributed by atoms with Crippen molar-refractivity contribution in [2.45, 2.75) is 19.4 Å². The van der Waals surface area contributed by atoms with Gasteiger partial charge in [0.1, 0.15) is 5.75 Å². The van der Waals surface area contributed by atoms with Gasteiger partial charge in [-0.1, -0.05) is 18.2 Å². The Bertz CT molecular complexity index is 357. The molecule has 0 radical (unpaired) electrons. The highest BCUT2D eigenvalue weighted by atomic mass is 16.3. The largest absolute Gasteiger partial charge is 0.508 e. The number of benzene rings is 1. The van der Waals surface area contributed by atoms with Crippen molar-refractivity contribution in [2.24, 2.45) is 0 Å². The van der Waals surface area contributed by atoms with E-state index in [2.05, 4.69) is 6.58 Å². The standard InChI is InChI=1S/C13H17NO2/c1-3-4-5-13(16)14(2)10-11-6-8-12(15)9-7-11/h3,6-9,15H,1,4-5,10H2,2H3. The van der Waals surface area contributed by atoms with Crippen molar-refractivity contribution in [2.75, 3.05) is 7.05 Å². The maximum Gasteiger partial charge on any atom is 0.222 e. The second kappa shape index (κ2) is 5.95. The molecule has 0 saturated carbocycles. The smallest absolute Gasteiger partial charge is 0.222 e. The number of hydrogen-bond donors (Lipinski definition) is 1. The number of amides is 1. The van der Waals surface area contributed by atoms with Gasteiger partial charge in [-0.15, -0.1) is 6.58 Å². The number of allylic oxidation sites excluding steroid dienone is 1. The molecule has 86 valence electrons. The van der Waals surface area contributed by atoms with Crippen molar-refractivity contribution in [1.29, 1.82) is 0 Å². The summed E-state index contributed by atoms with van der Waals surface area (Å²) in [7, 11) is 1.78. The minimum Gasteiger partial charge on any atom is -0.508 e. The van der Waals surface area contributed by atoms with Gasteiger partial charge in [-0.3, -0.25) is 4.79 Å². The second-order valence-electron chi connectivity index (χ2n) is 3.74. The van der Waals surface area contributed by atoms with Crippen molar-refractivity contribution in [3.8, 4) is 5.75 Å². The zero-order valence-electron chi connectivity index (χ0n) is 9.52. The highest BCUT2D eigenvalue weighted by molar-refractivity contribution is 5.75. The highest BCUT2D eigenvalue weighted by Gasteiger charge is 2.07. The van der Waals surface area contributed by atoms with Gasteiger partial charge in [0.05, 0.1) is 0 Å². The molecule has 0 aromatic heterocycles. The van der Waals surface area contributed by atoms with E-state index in [1.165, 1.54) is 0 Å². The van der Waals surface area contributed by atoms with Gasteiger partial charge < -0.3 is 10.0 Å². The molecule has 16 heavy (non-hydrogen) atoms. The Kier molecular flexibility index (Phi) is 4.58. The first-order valence-electron chi connectivity index (χ1n) is 5.26. The fourth-order valence-corrected chi connectivity index (χ4v) is 1.38. The van der Waals surface area contributed by atoms with Gasteiger partial charge in [-0.2, -0.15) is 0 Å². The van der Waals surface area contributed by atoms with Gasteiger partial charge in [0.25, 0.3) is 0 Å². The molecule has 0 aliphatic carbocycles. The van der Waals surface area contributed by atoms with Crippen molar-refractivity contribution >= 4 is 5.91 Å². The Morgan fingerprint density at radius 2 is 2.06 bits per heavy atom. The van der Waals surface area contributed by atoms with E-state index in [1.807, 2.05) is 12.1 Å². The number of nitrogens with zero attached hydrogens (tertiary/aromatic N) is 1. The number of carbonyl (C=O) groups excluding carboxylic acids is 1. The molecule has 0 unspecified atom stereocenters. The molecule has 3 nitrogen and oxygen atoms in total. The van der Waals surface area contributed by atoms with Crippen LogP contribution in [0.2, 0.25) is 0 Å². The summed E-state index contributed by atoms with van der Waals surface area (Å²) in [4.78, 5) is 13.3. The summed E-state index contributed by atoms with van der Waals surface area (Å²) in [6.45, 7) is 4.15. The molecule has 0 aliphatic rings. The van der Waals surface area contributed by atoms with Gasteiger partial charge in [0, 0.05) is 20.0 Å². The first-order valence-corrected chi connectivity index (χ1v) is 5.26. The average Bonchev–Trinajstić information content (AvgIpc) is 2.29. The zero-order valence-corrected chi connectivity index (χ0v) is 9.52. The lowest BCUT2D eigenvalue weighted by molar-refractivity contribution is -0.130. The van der Waals surface area contributed by atoms with Crippen LogP contribution in [0, 0.1) is 0 Å². The van der Waals surface area contributed by atoms with Gasteiger partial charge in [0.15, 0.2) is 0 Å². The van der Waals surface area contributed by atoms with Gasteiger partial charge in [-0.25, -0.2) is 0 Å². The minimum atomic E-state index is 0.105. The van der Waals surface area contributed by atoms with Gasteiger partial charge in [0.2, 0.25) is 5.91 Å². The Morgan fingerprint density at radius 3 is 2.62 bits per heavy atom. The van der Waals surface area contributed by atoms with Crippen LogP contribution in [0.25, 0.3) is 0 Å². The molecule has 0 heterocycles. The summed E-state index contributed by atoms with van der Waals surface area (Å²) >= 11 is 0. The first kappa shape index (κ1) is 12.3. The Morgan fingerprint density at radius 1 is 1.44 bits per heavy atom. The molecule has 1 aromatic carbocycles. The number of phenolic OH excluding ortho intramolecular Hbond substituents is 1. The topological polar surface area (TPSA) is 40.5 Å². The Hall–Kier alpha value is -1.77. The first-order chi connectivity index (χ1) is 7.63. The third kappa shape index (κ3) is 3.77.